The first-order valence-corrected chi connectivity index (χ1v) is 3.45. The lowest BCUT2D eigenvalue weighted by Crippen LogP contribution is -1.94. The number of phenolic OH excluding ortho intramolecular Hbond substituents is 1. The van der Waals surface area contributed by atoms with Crippen molar-refractivity contribution in [2.45, 2.75) is 6.61 Å². The molecular weight excluding hydrogens is 158 g/mol. The lowest BCUT2D eigenvalue weighted by atomic mass is 10.2. The molecule has 0 saturated carbocycles. The third-order valence-corrected chi connectivity index (χ3v) is 1.54. The SMILES string of the molecule is COc1c(N)cc(CO)cc1O. The van der Waals surface area contributed by atoms with Gasteiger partial charge in [0.05, 0.1) is 19.4 Å². The summed E-state index contributed by atoms with van der Waals surface area (Å²) < 4.78 is 4.82. The van der Waals surface area contributed by atoms with Crippen molar-refractivity contribution in [2.24, 2.45) is 0 Å². The fraction of sp³-hybridized carbons (Fsp3) is 0.250. The van der Waals surface area contributed by atoms with Crippen LogP contribution in [-0.4, -0.2) is 17.3 Å². The number of rotatable bonds is 2. The molecular formula is C8H11NO3. The minimum absolute atomic E-state index is 0.0541. The van der Waals surface area contributed by atoms with Gasteiger partial charge in [-0.3, -0.25) is 0 Å². The zero-order valence-corrected chi connectivity index (χ0v) is 6.74. The molecule has 4 N–H and O–H groups in total. The van der Waals surface area contributed by atoms with Gasteiger partial charge in [-0.25, -0.2) is 0 Å². The van der Waals surface area contributed by atoms with E-state index in [4.69, 9.17) is 15.6 Å². The second-order valence-corrected chi connectivity index (χ2v) is 2.40. The number of aliphatic hydroxyl groups is 1. The summed E-state index contributed by atoms with van der Waals surface area (Å²) in [6, 6.07) is 2.97. The Hall–Kier alpha value is -1.42. The van der Waals surface area contributed by atoms with E-state index in [2.05, 4.69) is 0 Å². The van der Waals surface area contributed by atoms with Gasteiger partial charge in [-0.1, -0.05) is 0 Å². The highest BCUT2D eigenvalue weighted by atomic mass is 16.5. The van der Waals surface area contributed by atoms with Crippen LogP contribution in [0.25, 0.3) is 0 Å². The molecule has 4 heteroatoms. The first-order chi connectivity index (χ1) is 5.69. The molecule has 0 bridgehead atoms. The zero-order chi connectivity index (χ0) is 9.14. The number of aromatic hydroxyl groups is 1. The number of aliphatic hydroxyl groups excluding tert-OH is 1. The first-order valence-electron chi connectivity index (χ1n) is 3.45. The number of hydrogen-bond acceptors (Lipinski definition) is 4. The minimum Gasteiger partial charge on any atom is -0.504 e. The van der Waals surface area contributed by atoms with Crippen LogP contribution >= 0.6 is 0 Å². The molecule has 0 radical (unpaired) electrons. The van der Waals surface area contributed by atoms with E-state index in [1.54, 1.807) is 6.07 Å². The van der Waals surface area contributed by atoms with Crippen LogP contribution in [0.3, 0.4) is 0 Å². The first kappa shape index (κ1) is 8.67. The van der Waals surface area contributed by atoms with Crippen LogP contribution in [-0.2, 0) is 6.61 Å². The standard InChI is InChI=1S/C8H11NO3/c1-12-8-6(9)2-5(4-10)3-7(8)11/h2-3,10-11H,4,9H2,1H3. The van der Waals surface area contributed by atoms with E-state index in [-0.39, 0.29) is 18.1 Å². The Labute approximate surface area is 70.2 Å². The summed E-state index contributed by atoms with van der Waals surface area (Å²) in [5.41, 5.74) is 6.39. The monoisotopic (exact) mass is 169 g/mol. The summed E-state index contributed by atoms with van der Waals surface area (Å²) in [6.45, 7) is -0.151. The van der Waals surface area contributed by atoms with Gasteiger partial charge < -0.3 is 20.7 Å². The lowest BCUT2D eigenvalue weighted by molar-refractivity contribution is 0.280. The average Bonchev–Trinajstić information content (AvgIpc) is 2.03. The smallest absolute Gasteiger partial charge is 0.183 e. The predicted octanol–water partition coefficient (Wildman–Crippen LogP) is 0.475. The van der Waals surface area contributed by atoms with Crippen molar-refractivity contribution in [1.82, 2.24) is 0 Å². The summed E-state index contributed by atoms with van der Waals surface area (Å²) in [5, 5.41) is 18.0. The molecule has 0 aliphatic rings. The molecule has 1 aromatic rings. The van der Waals surface area contributed by atoms with Gasteiger partial charge in [-0.05, 0) is 17.7 Å². The van der Waals surface area contributed by atoms with Gasteiger partial charge in [0.1, 0.15) is 0 Å². The number of nitrogen functional groups attached to an aromatic ring is 1. The van der Waals surface area contributed by atoms with Crippen LogP contribution in [0.4, 0.5) is 5.69 Å². The maximum Gasteiger partial charge on any atom is 0.183 e. The molecule has 0 aliphatic carbocycles. The summed E-state index contributed by atoms with van der Waals surface area (Å²) in [5.74, 6) is 0.189. The van der Waals surface area contributed by atoms with Crippen LogP contribution < -0.4 is 10.5 Å². The third-order valence-electron chi connectivity index (χ3n) is 1.54. The van der Waals surface area contributed by atoms with Gasteiger partial charge >= 0.3 is 0 Å². The van der Waals surface area contributed by atoms with Gasteiger partial charge in [-0.2, -0.15) is 0 Å². The zero-order valence-electron chi connectivity index (χ0n) is 6.74. The van der Waals surface area contributed by atoms with E-state index >= 15 is 0 Å². The van der Waals surface area contributed by atoms with E-state index in [0.717, 1.165) is 0 Å². The highest BCUT2D eigenvalue weighted by molar-refractivity contribution is 5.61. The second-order valence-electron chi connectivity index (χ2n) is 2.40. The lowest BCUT2D eigenvalue weighted by Gasteiger charge is -2.07. The van der Waals surface area contributed by atoms with E-state index in [0.29, 0.717) is 11.3 Å². The van der Waals surface area contributed by atoms with Gasteiger partial charge in [0.25, 0.3) is 0 Å². The Balaban J connectivity index is 3.18. The van der Waals surface area contributed by atoms with E-state index in [9.17, 15) is 5.11 Å². The van der Waals surface area contributed by atoms with Crippen LogP contribution in [0.5, 0.6) is 11.5 Å². The Morgan fingerprint density at radius 3 is 2.58 bits per heavy atom. The van der Waals surface area contributed by atoms with Crippen LogP contribution in [0.1, 0.15) is 5.56 Å². The maximum absolute atomic E-state index is 9.29. The molecule has 0 amide bonds. The summed E-state index contributed by atoms with van der Waals surface area (Å²) in [7, 11) is 1.42. The van der Waals surface area contributed by atoms with Gasteiger partial charge in [0.2, 0.25) is 0 Å². The molecule has 0 spiro atoms. The molecule has 66 valence electrons. The number of benzene rings is 1. The van der Waals surface area contributed by atoms with Crippen molar-refractivity contribution < 1.29 is 14.9 Å². The van der Waals surface area contributed by atoms with Crippen LogP contribution in [0.2, 0.25) is 0 Å². The Bertz CT molecular complexity index is 263. The fourth-order valence-electron chi connectivity index (χ4n) is 1.01. The molecule has 0 heterocycles. The van der Waals surface area contributed by atoms with Gasteiger partial charge in [0, 0.05) is 0 Å². The summed E-state index contributed by atoms with van der Waals surface area (Å²) in [4.78, 5) is 0. The van der Waals surface area contributed by atoms with Crippen LogP contribution in [0, 0.1) is 0 Å². The van der Waals surface area contributed by atoms with Crippen molar-refractivity contribution in [1.29, 1.82) is 0 Å². The predicted molar refractivity (Wildman–Crippen MR) is 45.0 cm³/mol. The normalized spacial score (nSPS) is 9.83. The molecule has 4 nitrogen and oxygen atoms in total. The summed E-state index contributed by atoms with van der Waals surface area (Å²) in [6.07, 6.45) is 0. The Morgan fingerprint density at radius 2 is 2.17 bits per heavy atom. The second kappa shape index (κ2) is 3.32. The molecule has 0 aliphatic heterocycles. The number of methoxy groups -OCH3 is 1. The average molecular weight is 169 g/mol. The third kappa shape index (κ3) is 1.43. The van der Waals surface area contributed by atoms with Gasteiger partial charge in [-0.15, -0.1) is 0 Å². The van der Waals surface area contributed by atoms with Crippen molar-refractivity contribution in [2.75, 3.05) is 12.8 Å². The molecule has 0 unspecified atom stereocenters. The van der Waals surface area contributed by atoms with E-state index in [1.165, 1.54) is 13.2 Å². The Morgan fingerprint density at radius 1 is 1.50 bits per heavy atom. The molecule has 0 fully saturated rings. The quantitative estimate of drug-likeness (QED) is 0.563. The summed E-state index contributed by atoms with van der Waals surface area (Å²) >= 11 is 0. The highest BCUT2D eigenvalue weighted by Crippen LogP contribution is 2.33. The van der Waals surface area contributed by atoms with E-state index in [1.807, 2.05) is 0 Å². The number of hydrogen-bond donors (Lipinski definition) is 3. The van der Waals surface area contributed by atoms with Crippen LogP contribution in [0.15, 0.2) is 12.1 Å². The molecule has 0 saturated heterocycles. The topological polar surface area (TPSA) is 75.7 Å². The number of phenols is 1. The molecule has 1 rings (SSSR count). The molecule has 1 aromatic carbocycles. The number of nitrogens with two attached hydrogens (primary N) is 1. The van der Waals surface area contributed by atoms with Gasteiger partial charge in [0.15, 0.2) is 11.5 Å². The minimum atomic E-state index is -0.151. The van der Waals surface area contributed by atoms with Crippen molar-refractivity contribution in [3.05, 3.63) is 17.7 Å². The molecule has 0 atom stereocenters. The molecule has 12 heavy (non-hydrogen) atoms. The maximum atomic E-state index is 9.29. The largest absolute Gasteiger partial charge is 0.504 e. The number of ether oxygens (including phenoxy) is 1. The molecule has 0 aromatic heterocycles. The highest BCUT2D eigenvalue weighted by Gasteiger charge is 2.06. The van der Waals surface area contributed by atoms with Crippen molar-refractivity contribution in [3.63, 3.8) is 0 Å². The van der Waals surface area contributed by atoms with Crippen molar-refractivity contribution in [3.8, 4) is 11.5 Å². The van der Waals surface area contributed by atoms with Crippen molar-refractivity contribution >= 4 is 5.69 Å². The Kier molecular flexibility index (Phi) is 2.40. The van der Waals surface area contributed by atoms with E-state index < -0.39 is 0 Å². The fourth-order valence-corrected chi connectivity index (χ4v) is 1.01. The number of anilines is 1.